The number of hydrogen-bond donors (Lipinski definition) is 4. The van der Waals surface area contributed by atoms with Gasteiger partial charge in [-0.2, -0.15) is 4.74 Å². The van der Waals surface area contributed by atoms with Gasteiger partial charge >= 0.3 is 0 Å². The van der Waals surface area contributed by atoms with Crippen molar-refractivity contribution in [2.45, 2.75) is 65.2 Å². The second kappa shape index (κ2) is 22.0. The molecule has 74 heavy (non-hydrogen) atoms. The highest BCUT2D eigenvalue weighted by Crippen LogP contribution is 2.41. The van der Waals surface area contributed by atoms with E-state index in [1.54, 1.807) is 46.4 Å². The van der Waals surface area contributed by atoms with Crippen molar-refractivity contribution in [3.63, 3.8) is 0 Å². The van der Waals surface area contributed by atoms with E-state index in [9.17, 15) is 29.9 Å². The molecule has 4 N–H and O–H groups in total. The predicted molar refractivity (Wildman–Crippen MR) is 278 cm³/mol. The Hall–Kier alpha value is -7.93. The number of ether oxygens (including phenoxy) is 4. The average Bonchev–Trinajstić information content (AvgIpc) is 3.79. The van der Waals surface area contributed by atoms with Crippen molar-refractivity contribution in [2.75, 3.05) is 70.9 Å². The van der Waals surface area contributed by atoms with Gasteiger partial charge in [0.1, 0.15) is 18.2 Å². The van der Waals surface area contributed by atoms with Crippen molar-refractivity contribution >= 4 is 52.9 Å². The van der Waals surface area contributed by atoms with E-state index in [-0.39, 0.29) is 17.8 Å². The van der Waals surface area contributed by atoms with E-state index in [1.807, 2.05) is 47.3 Å². The van der Waals surface area contributed by atoms with Crippen LogP contribution in [0.25, 0.3) is 11.1 Å². The molecule has 2 aromatic carbocycles. The third kappa shape index (κ3) is 11.0. The minimum absolute atomic E-state index is 0.0159. The zero-order valence-electron chi connectivity index (χ0n) is 42.7. The molecule has 5 aliphatic rings. The van der Waals surface area contributed by atoms with Crippen LogP contribution >= 0.6 is 0 Å². The number of carboxylic acid groups (broad SMARTS) is 1. The summed E-state index contributed by atoms with van der Waals surface area (Å²) in [6, 6.07) is 14.1. The SMILES string of the molecule is COc1c(OCCCOc2cn3c(c2OC)C=[N+](O)C2=CC=C(c4ccc(N5CCN(C)CC5)cc4)CC2C3)cn2c1C=[N+]([O-])C1=CC=C(c3ccc(NC(=O)C(C)NC(=O)C(NC(=O)[O-])C(C)C)cc3)CC1C2. The molecule has 3 aliphatic heterocycles. The number of carbonyl (C=O) groups is 3. The Morgan fingerprint density at radius 3 is 1.82 bits per heavy atom. The minimum atomic E-state index is -1.57. The number of likely N-dealkylation sites (N-methyl/N-ethyl adjacent to an activating group) is 1. The summed E-state index contributed by atoms with van der Waals surface area (Å²) >= 11 is 0. The number of hydrogen-bond acceptors (Lipinski definition) is 12. The third-order valence-electron chi connectivity index (χ3n) is 14.4. The lowest BCUT2D eigenvalue weighted by atomic mass is 9.87. The zero-order valence-corrected chi connectivity index (χ0v) is 42.7. The lowest BCUT2D eigenvalue weighted by molar-refractivity contribution is -0.738. The van der Waals surface area contributed by atoms with Gasteiger partial charge < -0.3 is 68.9 Å². The topological polar surface area (TPSA) is 213 Å². The van der Waals surface area contributed by atoms with Crippen molar-refractivity contribution in [3.8, 4) is 23.0 Å². The number of fused-ring (bicyclic) bond motifs is 4. The molecule has 1 fully saturated rings. The molecule has 19 nitrogen and oxygen atoms in total. The van der Waals surface area contributed by atoms with Crippen molar-refractivity contribution in [2.24, 2.45) is 17.8 Å². The van der Waals surface area contributed by atoms with Crippen LogP contribution in [0.2, 0.25) is 0 Å². The fraction of sp³-hybridized carbons (Fsp3) is 0.400. The number of anilines is 2. The van der Waals surface area contributed by atoms with E-state index < -0.39 is 30.0 Å². The first kappa shape index (κ1) is 51.0. The number of carbonyl (C=O) groups excluding carboxylic acids is 3. The molecule has 0 saturated carbocycles. The highest BCUT2D eigenvalue weighted by atomic mass is 16.5. The summed E-state index contributed by atoms with van der Waals surface area (Å²) in [5.74, 6) is 0.450. The fourth-order valence-corrected chi connectivity index (χ4v) is 10.3. The van der Waals surface area contributed by atoms with Crippen LogP contribution in [0.1, 0.15) is 62.5 Å². The smallest absolute Gasteiger partial charge is 0.250 e. The quantitative estimate of drug-likeness (QED) is 0.0474. The molecule has 19 heteroatoms. The third-order valence-corrected chi connectivity index (χ3v) is 14.4. The molecule has 9 rings (SSSR count). The molecule has 4 aromatic rings. The number of allylic oxidation sites excluding steroid dienone is 8. The first-order chi connectivity index (χ1) is 35.7. The van der Waals surface area contributed by atoms with E-state index in [4.69, 9.17) is 18.9 Å². The normalized spacial score (nSPS) is 19.1. The Morgan fingerprint density at radius 1 is 0.730 bits per heavy atom. The second-order valence-corrected chi connectivity index (χ2v) is 19.8. The molecule has 0 bridgehead atoms. The highest BCUT2D eigenvalue weighted by Gasteiger charge is 2.36. The van der Waals surface area contributed by atoms with Gasteiger partial charge in [0.2, 0.25) is 29.9 Å². The summed E-state index contributed by atoms with van der Waals surface area (Å²) in [7, 11) is 5.32. The summed E-state index contributed by atoms with van der Waals surface area (Å²) < 4.78 is 30.4. The van der Waals surface area contributed by atoms with Gasteiger partial charge in [0, 0.05) is 74.0 Å². The number of nitrogens with zero attached hydrogens (tertiary/aromatic N) is 6. The summed E-state index contributed by atoms with van der Waals surface area (Å²) in [5.41, 5.74) is 8.82. The van der Waals surface area contributed by atoms with Gasteiger partial charge in [-0.1, -0.05) is 50.3 Å². The molecule has 3 amide bonds. The van der Waals surface area contributed by atoms with E-state index in [1.165, 1.54) is 34.7 Å². The molecule has 390 valence electrons. The number of methoxy groups -OCH3 is 2. The largest absolute Gasteiger partial charge is 0.618 e. The zero-order chi connectivity index (χ0) is 52.2. The van der Waals surface area contributed by atoms with Gasteiger partial charge in [0.25, 0.3) is 0 Å². The maximum absolute atomic E-state index is 13.6. The van der Waals surface area contributed by atoms with Gasteiger partial charge in [-0.25, -0.2) is 0 Å². The van der Waals surface area contributed by atoms with Crippen molar-refractivity contribution in [1.29, 1.82) is 0 Å². The lowest BCUT2D eigenvalue weighted by Gasteiger charge is -2.34. The molecule has 4 unspecified atom stereocenters. The molecule has 1 saturated heterocycles. The first-order valence-electron chi connectivity index (χ1n) is 25.2. The molecule has 2 aromatic heterocycles. The molecular formula is C55H65N9O10. The number of nitrogens with one attached hydrogen (secondary N) is 3. The van der Waals surface area contributed by atoms with Gasteiger partial charge in [-0.3, -0.25) is 14.8 Å². The molecule has 5 heterocycles. The molecule has 4 atom stereocenters. The summed E-state index contributed by atoms with van der Waals surface area (Å²) in [6.45, 7) is 10.8. The van der Waals surface area contributed by atoms with Gasteiger partial charge in [0.15, 0.2) is 40.1 Å². The minimum Gasteiger partial charge on any atom is -0.618 e. The van der Waals surface area contributed by atoms with Gasteiger partial charge in [0.05, 0.1) is 51.7 Å². The van der Waals surface area contributed by atoms with Crippen LogP contribution < -0.4 is 44.9 Å². The number of hydroxylamine groups is 2. The lowest BCUT2D eigenvalue weighted by Crippen LogP contribution is -2.56. The van der Waals surface area contributed by atoms with Crippen LogP contribution in [0.4, 0.5) is 16.2 Å². The van der Waals surface area contributed by atoms with E-state index >= 15 is 0 Å². The van der Waals surface area contributed by atoms with E-state index in [0.29, 0.717) is 84.9 Å². The number of piperazine rings is 1. The number of amides is 3. The Bertz CT molecular complexity index is 2950. The second-order valence-electron chi connectivity index (χ2n) is 19.8. The molecule has 2 aliphatic carbocycles. The first-order valence-corrected chi connectivity index (χ1v) is 25.2. The van der Waals surface area contributed by atoms with Crippen LogP contribution in [0.15, 0.2) is 96.6 Å². The molecule has 0 radical (unpaired) electrons. The summed E-state index contributed by atoms with van der Waals surface area (Å²) in [4.78, 5) is 41.5. The highest BCUT2D eigenvalue weighted by molar-refractivity contribution is 5.98. The van der Waals surface area contributed by atoms with E-state index in [2.05, 4.69) is 67.7 Å². The van der Waals surface area contributed by atoms with Crippen LogP contribution in [-0.2, 0) is 22.7 Å². The molecular weight excluding hydrogens is 947 g/mol. The maximum Gasteiger partial charge on any atom is 0.250 e. The Kier molecular flexibility index (Phi) is 15.2. The summed E-state index contributed by atoms with van der Waals surface area (Å²) in [5, 5.41) is 43.4. The number of rotatable bonds is 17. The van der Waals surface area contributed by atoms with E-state index in [0.717, 1.165) is 54.2 Å². The van der Waals surface area contributed by atoms with Crippen LogP contribution in [-0.4, -0.2) is 132 Å². The van der Waals surface area contributed by atoms with Crippen LogP contribution in [0, 0.1) is 23.0 Å². The van der Waals surface area contributed by atoms with Gasteiger partial charge in [-0.15, -0.1) is 0 Å². The molecule has 0 spiro atoms. The Labute approximate surface area is 430 Å². The van der Waals surface area contributed by atoms with Crippen molar-refractivity contribution in [3.05, 3.63) is 124 Å². The summed E-state index contributed by atoms with van der Waals surface area (Å²) in [6.07, 6.45) is 15.2. The van der Waals surface area contributed by atoms with Crippen LogP contribution in [0.3, 0.4) is 0 Å². The average molecular weight is 1010 g/mol. The van der Waals surface area contributed by atoms with Crippen molar-refractivity contribution in [1.82, 2.24) is 24.7 Å². The monoisotopic (exact) mass is 1010 g/mol. The Balaban J connectivity index is 0.781. The standard InChI is InChI=1S/C55H65N9O10/c1-34(2)50(58-55(67)68)54(66)56-35(3)53(65)57-42-14-8-36(9-15-42)38-12-18-44-40(26-38)28-61-32-48(51(71-5)46(61)30-63(44)69)73-24-7-25-74-49-33-62-29-41-27-39(13-19-45(41)64(70)31-47(62)52(49)72-6)37-10-16-43(17-11-37)60-22-20-59(4)21-23-60/h8-19,30-35,40-41,50,58H,7,20-29H2,1-6H3,(H3-,56,57,65,66,67,68,70). The fourth-order valence-electron chi connectivity index (χ4n) is 10.3. The van der Waals surface area contributed by atoms with Crippen molar-refractivity contribution < 1.29 is 53.1 Å². The number of aromatic nitrogens is 2. The predicted octanol–water partition coefficient (Wildman–Crippen LogP) is 5.06. The number of benzene rings is 2. The van der Waals surface area contributed by atoms with Crippen LogP contribution in [0.5, 0.6) is 23.0 Å². The maximum atomic E-state index is 13.6. The van der Waals surface area contributed by atoms with Gasteiger partial charge in [-0.05, 0) is 79.3 Å². The Morgan fingerprint density at radius 2 is 1.27 bits per heavy atom.